The first-order valence-corrected chi connectivity index (χ1v) is 21.8. The second-order valence-electron chi connectivity index (χ2n) is 18.3. The molecule has 298 valence electrons. The van der Waals surface area contributed by atoms with Crippen LogP contribution in [0, 0.1) is 77.9 Å². The third kappa shape index (κ3) is 20.5. The van der Waals surface area contributed by atoms with Crippen molar-refractivity contribution in [3.8, 4) is 24.7 Å². The van der Waals surface area contributed by atoms with E-state index in [2.05, 4.69) is 126 Å². The Balaban J connectivity index is 0.000000641. The molecule has 3 aliphatic rings. The van der Waals surface area contributed by atoms with Gasteiger partial charge in [0.05, 0.1) is 6.10 Å². The standard InChI is InChI=1S/C15H16.C11H22.C10H20.C8H18.C7H12O/c1-4-5-12-8-14-7-6-13(11(2)3)10-15(14)9-12;1-4-10-7-5-6-8-11(10)9(2)3;1-8(2)10-7-5-4-6-9(10)3;1-6(2)8(5)7(3)4;1-5-7(4)8-6(2)3/h1,6-7,9-11H,5,8H2,2-3H3;9-11H,4-8H2,1-3H3;8-10H,4-7H2,1-3H3;6-8H,1-5H3;1,6-7H,2-4H3. The number of benzene rings is 1. The van der Waals surface area contributed by atoms with Gasteiger partial charge < -0.3 is 4.74 Å². The van der Waals surface area contributed by atoms with Gasteiger partial charge in [-0.15, -0.1) is 18.8 Å². The maximum Gasteiger partial charge on any atom is 0.115 e. The van der Waals surface area contributed by atoms with Crippen LogP contribution in [-0.2, 0) is 11.2 Å². The molecule has 1 aromatic rings. The molecule has 1 aromatic carbocycles. The maximum atomic E-state index is 5.33. The lowest BCUT2D eigenvalue weighted by Gasteiger charge is -2.33. The second kappa shape index (κ2) is 27.6. The van der Waals surface area contributed by atoms with Crippen molar-refractivity contribution in [2.75, 3.05) is 0 Å². The van der Waals surface area contributed by atoms with E-state index in [4.69, 9.17) is 17.6 Å². The Kier molecular flexibility index (Phi) is 26.6. The van der Waals surface area contributed by atoms with Gasteiger partial charge in [-0.25, -0.2) is 0 Å². The first kappa shape index (κ1) is 50.0. The van der Waals surface area contributed by atoms with Crippen LogP contribution in [0.5, 0.6) is 0 Å². The monoisotopic (exact) mass is 717 g/mol. The van der Waals surface area contributed by atoms with Crippen molar-refractivity contribution in [1.82, 2.24) is 0 Å². The van der Waals surface area contributed by atoms with Crippen molar-refractivity contribution in [1.29, 1.82) is 0 Å². The van der Waals surface area contributed by atoms with E-state index in [9.17, 15) is 0 Å². The minimum atomic E-state index is -0.0463. The molecule has 52 heavy (non-hydrogen) atoms. The topological polar surface area (TPSA) is 9.23 Å². The van der Waals surface area contributed by atoms with Crippen molar-refractivity contribution in [3.63, 3.8) is 0 Å². The molecule has 4 rings (SSSR count). The van der Waals surface area contributed by atoms with E-state index in [1.807, 2.05) is 20.8 Å². The maximum absolute atomic E-state index is 5.33. The number of terminal acetylenes is 2. The van der Waals surface area contributed by atoms with Crippen LogP contribution in [0.1, 0.15) is 198 Å². The fraction of sp³-hybridized carbons (Fsp3) is 0.765. The summed E-state index contributed by atoms with van der Waals surface area (Å²) in [6, 6.07) is 6.77. The van der Waals surface area contributed by atoms with E-state index in [-0.39, 0.29) is 12.2 Å². The van der Waals surface area contributed by atoms with Gasteiger partial charge in [-0.05, 0) is 116 Å². The van der Waals surface area contributed by atoms with Crippen molar-refractivity contribution in [3.05, 3.63) is 40.5 Å². The minimum Gasteiger partial charge on any atom is -0.363 e. The zero-order valence-electron chi connectivity index (χ0n) is 37.6. The van der Waals surface area contributed by atoms with Crippen LogP contribution in [0.2, 0.25) is 0 Å². The third-order valence-corrected chi connectivity index (χ3v) is 12.1. The Morgan fingerprint density at radius 2 is 1.27 bits per heavy atom. The number of ether oxygens (including phenoxy) is 1. The quantitative estimate of drug-likeness (QED) is 0.231. The molecule has 1 heteroatoms. The average molecular weight is 717 g/mol. The number of allylic oxidation sites excluding steroid dienone is 1. The molecule has 3 aliphatic carbocycles. The van der Waals surface area contributed by atoms with Crippen molar-refractivity contribution >= 4 is 6.08 Å². The number of rotatable bonds is 9. The van der Waals surface area contributed by atoms with Crippen LogP contribution in [-0.4, -0.2) is 12.2 Å². The molecule has 2 saturated carbocycles. The summed E-state index contributed by atoms with van der Waals surface area (Å²) in [6.45, 7) is 36.0. The predicted molar refractivity (Wildman–Crippen MR) is 236 cm³/mol. The smallest absolute Gasteiger partial charge is 0.115 e. The summed E-state index contributed by atoms with van der Waals surface area (Å²) in [5, 5.41) is 0. The molecule has 0 N–H and O–H groups in total. The Bertz CT molecular complexity index is 1160. The molecule has 1 nitrogen and oxygen atoms in total. The fourth-order valence-electron chi connectivity index (χ4n) is 8.20. The Morgan fingerprint density at radius 1 is 0.731 bits per heavy atom. The summed E-state index contributed by atoms with van der Waals surface area (Å²) >= 11 is 0. The highest BCUT2D eigenvalue weighted by molar-refractivity contribution is 5.65. The van der Waals surface area contributed by atoms with Crippen molar-refractivity contribution in [2.45, 2.75) is 200 Å². The number of hydrogen-bond donors (Lipinski definition) is 0. The lowest BCUT2D eigenvalue weighted by atomic mass is 9.72. The molecule has 0 aromatic heterocycles. The van der Waals surface area contributed by atoms with Crippen LogP contribution in [0.15, 0.2) is 23.8 Å². The van der Waals surface area contributed by atoms with E-state index >= 15 is 0 Å². The average Bonchev–Trinajstić information content (AvgIpc) is 3.50. The van der Waals surface area contributed by atoms with Crippen LogP contribution in [0.25, 0.3) is 6.08 Å². The van der Waals surface area contributed by atoms with E-state index in [0.29, 0.717) is 5.92 Å². The van der Waals surface area contributed by atoms with Crippen LogP contribution in [0.4, 0.5) is 0 Å². The molecule has 0 bridgehead atoms. The molecule has 0 spiro atoms. The van der Waals surface area contributed by atoms with Gasteiger partial charge >= 0.3 is 0 Å². The van der Waals surface area contributed by atoms with Gasteiger partial charge in [0, 0.05) is 6.42 Å². The van der Waals surface area contributed by atoms with E-state index in [0.717, 1.165) is 66.1 Å². The van der Waals surface area contributed by atoms with Crippen molar-refractivity contribution in [2.24, 2.45) is 53.3 Å². The Labute approximate surface area is 327 Å². The van der Waals surface area contributed by atoms with Crippen LogP contribution in [0.3, 0.4) is 0 Å². The van der Waals surface area contributed by atoms with Gasteiger partial charge in [-0.1, -0.05) is 171 Å². The molecule has 5 unspecified atom stereocenters. The molecule has 5 atom stereocenters. The molecular weight excluding hydrogens is 629 g/mol. The van der Waals surface area contributed by atoms with Gasteiger partial charge in [-0.3, -0.25) is 0 Å². The van der Waals surface area contributed by atoms with Gasteiger partial charge in [0.15, 0.2) is 0 Å². The molecule has 0 aliphatic heterocycles. The molecule has 0 amide bonds. The first-order chi connectivity index (χ1) is 24.4. The molecule has 2 fully saturated rings. The van der Waals surface area contributed by atoms with E-state index in [1.54, 1.807) is 0 Å². The van der Waals surface area contributed by atoms with Gasteiger partial charge in [0.2, 0.25) is 0 Å². The van der Waals surface area contributed by atoms with Gasteiger partial charge in [0.25, 0.3) is 0 Å². The Morgan fingerprint density at radius 3 is 1.63 bits per heavy atom. The Hall–Kier alpha value is -1.96. The third-order valence-electron chi connectivity index (χ3n) is 12.1. The molecule has 0 saturated heterocycles. The summed E-state index contributed by atoms with van der Waals surface area (Å²) in [5.41, 5.74) is 5.57. The summed E-state index contributed by atoms with van der Waals surface area (Å²) in [6.07, 6.45) is 27.9. The van der Waals surface area contributed by atoms with E-state index in [1.165, 1.54) is 80.1 Å². The zero-order valence-corrected chi connectivity index (χ0v) is 37.6. The minimum absolute atomic E-state index is 0.0463. The lowest BCUT2D eigenvalue weighted by molar-refractivity contribution is 0.0514. The predicted octanol–water partition coefficient (Wildman–Crippen LogP) is 15.5. The van der Waals surface area contributed by atoms with Crippen molar-refractivity contribution < 1.29 is 4.74 Å². The van der Waals surface area contributed by atoms with E-state index < -0.39 is 0 Å². The highest BCUT2D eigenvalue weighted by Crippen LogP contribution is 2.37. The van der Waals surface area contributed by atoms with Crippen LogP contribution >= 0.6 is 0 Å². The highest BCUT2D eigenvalue weighted by atomic mass is 16.5. The van der Waals surface area contributed by atoms with Gasteiger partial charge in [-0.2, -0.15) is 0 Å². The number of fused-ring (bicyclic) bond motifs is 1. The molecular formula is C51H88O. The normalized spacial score (nSPS) is 21.4. The first-order valence-electron chi connectivity index (χ1n) is 21.8. The largest absolute Gasteiger partial charge is 0.363 e. The van der Waals surface area contributed by atoms with Gasteiger partial charge in [0.1, 0.15) is 6.10 Å². The molecule has 0 radical (unpaired) electrons. The summed E-state index contributed by atoms with van der Waals surface area (Å²) < 4.78 is 5.16. The molecule has 0 heterocycles. The summed E-state index contributed by atoms with van der Waals surface area (Å²) in [7, 11) is 0. The highest BCUT2D eigenvalue weighted by Gasteiger charge is 2.26. The lowest BCUT2D eigenvalue weighted by Crippen LogP contribution is -2.23. The fourth-order valence-corrected chi connectivity index (χ4v) is 8.20. The summed E-state index contributed by atoms with van der Waals surface area (Å²) in [4.78, 5) is 0. The summed E-state index contributed by atoms with van der Waals surface area (Å²) in [5.74, 6) is 14.3. The second-order valence-corrected chi connectivity index (χ2v) is 18.3. The zero-order chi connectivity index (χ0) is 40.0. The SMILES string of the molecule is C#CC(C)OC(C)C.C#CCC1=Cc2cc(C(C)C)ccc2C1.CC(C)C(C)C(C)C.CC(C)C1CCCCC1C.CCC1CCCCC1C(C)C. The van der Waals surface area contributed by atoms with Crippen LogP contribution < -0.4 is 0 Å². The number of hydrogen-bond acceptors (Lipinski definition) is 1.